The molecule has 0 aliphatic rings. The van der Waals surface area contributed by atoms with Crippen molar-refractivity contribution >= 4 is 11.6 Å². The molecule has 0 amide bonds. The maximum absolute atomic E-state index is 10.2. The van der Waals surface area contributed by atoms with Crippen molar-refractivity contribution in [2.24, 2.45) is 0 Å². The third kappa shape index (κ3) is 4.61. The predicted molar refractivity (Wildman–Crippen MR) is 92.4 cm³/mol. The lowest BCUT2D eigenvalue weighted by Gasteiger charge is -2.19. The molecule has 0 heterocycles. The Kier molecular flexibility index (Phi) is 6.28. The van der Waals surface area contributed by atoms with Crippen LogP contribution in [0.15, 0.2) is 42.5 Å². The van der Waals surface area contributed by atoms with E-state index in [1.54, 1.807) is 26.4 Å². The van der Waals surface area contributed by atoms with Crippen LogP contribution in [0.3, 0.4) is 0 Å². The Balaban J connectivity index is 1.98. The molecule has 0 saturated carbocycles. The quantitative estimate of drug-likeness (QED) is 0.809. The molecule has 2 atom stereocenters. The van der Waals surface area contributed by atoms with Gasteiger partial charge in [0.25, 0.3) is 0 Å². The molecule has 0 fully saturated rings. The first-order valence-corrected chi connectivity index (χ1v) is 7.81. The van der Waals surface area contributed by atoms with Crippen molar-refractivity contribution in [2.75, 3.05) is 20.8 Å². The largest absolute Gasteiger partial charge is 0.493 e. The van der Waals surface area contributed by atoms with Gasteiger partial charge in [0.05, 0.1) is 20.3 Å². The second-order valence-electron chi connectivity index (χ2n) is 5.31. The van der Waals surface area contributed by atoms with E-state index in [-0.39, 0.29) is 6.04 Å². The van der Waals surface area contributed by atoms with Gasteiger partial charge in [0.2, 0.25) is 0 Å². The molecule has 2 unspecified atom stereocenters. The number of nitrogens with one attached hydrogen (secondary N) is 1. The minimum absolute atomic E-state index is 0.0664. The number of halogens is 1. The Labute approximate surface area is 142 Å². The Morgan fingerprint density at radius 3 is 2.22 bits per heavy atom. The molecule has 0 saturated heterocycles. The van der Waals surface area contributed by atoms with E-state index < -0.39 is 6.10 Å². The van der Waals surface area contributed by atoms with Crippen LogP contribution >= 0.6 is 11.6 Å². The Hall–Kier alpha value is -1.75. The highest BCUT2D eigenvalue weighted by atomic mass is 35.5. The average molecular weight is 336 g/mol. The molecule has 5 heteroatoms. The molecule has 0 spiro atoms. The van der Waals surface area contributed by atoms with Crippen molar-refractivity contribution in [3.8, 4) is 11.5 Å². The number of methoxy groups -OCH3 is 2. The van der Waals surface area contributed by atoms with E-state index in [1.165, 1.54) is 0 Å². The van der Waals surface area contributed by atoms with Gasteiger partial charge < -0.3 is 19.9 Å². The van der Waals surface area contributed by atoms with Crippen LogP contribution in [0.5, 0.6) is 11.5 Å². The lowest BCUT2D eigenvalue weighted by molar-refractivity contribution is 0.171. The zero-order valence-electron chi connectivity index (χ0n) is 13.5. The Bertz CT molecular complexity index is 631. The van der Waals surface area contributed by atoms with Crippen molar-refractivity contribution in [3.05, 3.63) is 58.6 Å². The fourth-order valence-electron chi connectivity index (χ4n) is 2.33. The topological polar surface area (TPSA) is 50.7 Å². The van der Waals surface area contributed by atoms with Crippen molar-refractivity contribution in [3.63, 3.8) is 0 Å². The Morgan fingerprint density at radius 1 is 1.00 bits per heavy atom. The first kappa shape index (κ1) is 17.6. The highest BCUT2D eigenvalue weighted by molar-refractivity contribution is 6.30. The van der Waals surface area contributed by atoms with Crippen molar-refractivity contribution in [2.45, 2.75) is 19.1 Å². The monoisotopic (exact) mass is 335 g/mol. The summed E-state index contributed by atoms with van der Waals surface area (Å²) >= 11 is 5.86. The van der Waals surface area contributed by atoms with E-state index in [1.807, 2.05) is 37.3 Å². The van der Waals surface area contributed by atoms with Crippen LogP contribution in [0, 0.1) is 0 Å². The van der Waals surface area contributed by atoms with Gasteiger partial charge in [-0.2, -0.15) is 0 Å². The standard InChI is InChI=1S/C18H22ClNO3/c1-12(14-6-9-17(22-2)18(10-14)23-3)20-11-16(21)13-4-7-15(19)8-5-13/h4-10,12,16,20-21H,11H2,1-3H3. The summed E-state index contributed by atoms with van der Waals surface area (Å²) in [5.74, 6) is 1.39. The smallest absolute Gasteiger partial charge is 0.161 e. The summed E-state index contributed by atoms with van der Waals surface area (Å²) in [6.45, 7) is 2.48. The van der Waals surface area contributed by atoms with E-state index in [2.05, 4.69) is 5.32 Å². The van der Waals surface area contributed by atoms with Gasteiger partial charge in [-0.25, -0.2) is 0 Å². The molecule has 2 aromatic carbocycles. The van der Waals surface area contributed by atoms with Crippen LogP contribution in [0.1, 0.15) is 30.2 Å². The Morgan fingerprint density at radius 2 is 1.61 bits per heavy atom. The van der Waals surface area contributed by atoms with Crippen molar-refractivity contribution in [1.29, 1.82) is 0 Å². The molecule has 2 aromatic rings. The van der Waals surface area contributed by atoms with Gasteiger partial charge in [-0.1, -0.05) is 29.8 Å². The summed E-state index contributed by atoms with van der Waals surface area (Å²) in [4.78, 5) is 0. The molecule has 0 aliphatic heterocycles. The van der Waals surface area contributed by atoms with Gasteiger partial charge in [0.15, 0.2) is 11.5 Å². The summed E-state index contributed by atoms with van der Waals surface area (Å²) in [7, 11) is 3.23. The number of aliphatic hydroxyl groups excluding tert-OH is 1. The van der Waals surface area contributed by atoms with Crippen LogP contribution in [0.2, 0.25) is 5.02 Å². The number of aliphatic hydroxyl groups is 1. The van der Waals surface area contributed by atoms with Crippen molar-refractivity contribution < 1.29 is 14.6 Å². The van der Waals surface area contributed by atoms with Crippen LogP contribution in [0.4, 0.5) is 0 Å². The second-order valence-corrected chi connectivity index (χ2v) is 5.75. The van der Waals surface area contributed by atoms with Crippen molar-refractivity contribution in [1.82, 2.24) is 5.32 Å². The maximum Gasteiger partial charge on any atom is 0.161 e. The maximum atomic E-state index is 10.2. The minimum Gasteiger partial charge on any atom is -0.493 e. The molecule has 2 rings (SSSR count). The molecule has 0 aliphatic carbocycles. The van der Waals surface area contributed by atoms with Gasteiger partial charge >= 0.3 is 0 Å². The fraction of sp³-hybridized carbons (Fsp3) is 0.333. The van der Waals surface area contributed by atoms with E-state index in [9.17, 15) is 5.11 Å². The highest BCUT2D eigenvalue weighted by Crippen LogP contribution is 2.30. The number of benzene rings is 2. The SMILES string of the molecule is COc1ccc(C(C)NCC(O)c2ccc(Cl)cc2)cc1OC. The third-order valence-corrected chi connectivity index (χ3v) is 4.03. The first-order chi connectivity index (χ1) is 11.0. The van der Waals surface area contributed by atoms with Gasteiger partial charge in [-0.05, 0) is 42.3 Å². The summed E-state index contributed by atoms with van der Waals surface area (Å²) in [6, 6.07) is 13.1. The zero-order valence-corrected chi connectivity index (χ0v) is 14.3. The number of rotatable bonds is 7. The molecular formula is C18H22ClNO3. The molecule has 2 N–H and O–H groups in total. The highest BCUT2D eigenvalue weighted by Gasteiger charge is 2.13. The minimum atomic E-state index is -0.588. The van der Waals surface area contributed by atoms with E-state index in [0.717, 1.165) is 11.1 Å². The van der Waals surface area contributed by atoms with Gasteiger partial charge in [-0.15, -0.1) is 0 Å². The van der Waals surface area contributed by atoms with Crippen LogP contribution in [0.25, 0.3) is 0 Å². The zero-order chi connectivity index (χ0) is 16.8. The van der Waals surface area contributed by atoms with Crippen LogP contribution in [-0.4, -0.2) is 25.9 Å². The van der Waals surface area contributed by atoms with Crippen LogP contribution in [-0.2, 0) is 0 Å². The molecule has 0 radical (unpaired) electrons. The average Bonchev–Trinajstić information content (AvgIpc) is 2.59. The third-order valence-electron chi connectivity index (χ3n) is 3.78. The summed E-state index contributed by atoms with van der Waals surface area (Å²) in [5.41, 5.74) is 1.90. The molecule has 124 valence electrons. The van der Waals surface area contributed by atoms with Gasteiger partial charge in [-0.3, -0.25) is 0 Å². The second kappa shape index (κ2) is 8.20. The number of hydrogen-bond donors (Lipinski definition) is 2. The summed E-state index contributed by atoms with van der Waals surface area (Å²) in [6.07, 6.45) is -0.588. The molecule has 0 bridgehead atoms. The number of hydrogen-bond acceptors (Lipinski definition) is 4. The summed E-state index contributed by atoms with van der Waals surface area (Å²) < 4.78 is 10.6. The van der Waals surface area contributed by atoms with Gasteiger partial charge in [0.1, 0.15) is 0 Å². The lowest BCUT2D eigenvalue weighted by Crippen LogP contribution is -2.24. The normalized spacial score (nSPS) is 13.4. The lowest BCUT2D eigenvalue weighted by atomic mass is 10.1. The van der Waals surface area contributed by atoms with E-state index in [0.29, 0.717) is 23.1 Å². The van der Waals surface area contributed by atoms with Gasteiger partial charge in [0, 0.05) is 17.6 Å². The molecular weight excluding hydrogens is 314 g/mol. The van der Waals surface area contributed by atoms with E-state index in [4.69, 9.17) is 21.1 Å². The summed E-state index contributed by atoms with van der Waals surface area (Å²) in [5, 5.41) is 14.2. The van der Waals surface area contributed by atoms with Crippen LogP contribution < -0.4 is 14.8 Å². The number of ether oxygens (including phenoxy) is 2. The predicted octanol–water partition coefficient (Wildman–Crippen LogP) is 3.74. The van der Waals surface area contributed by atoms with E-state index >= 15 is 0 Å². The first-order valence-electron chi connectivity index (χ1n) is 7.44. The fourth-order valence-corrected chi connectivity index (χ4v) is 2.46. The molecule has 4 nitrogen and oxygen atoms in total. The molecule has 23 heavy (non-hydrogen) atoms. The molecule has 0 aromatic heterocycles.